The number of nitrogens with one attached hydrogen (secondary N) is 2. The van der Waals surface area contributed by atoms with Gasteiger partial charge in [0.2, 0.25) is 11.7 Å². The van der Waals surface area contributed by atoms with Crippen LogP contribution >= 0.6 is 15.9 Å². The lowest BCUT2D eigenvalue weighted by Gasteiger charge is -2.17. The van der Waals surface area contributed by atoms with Gasteiger partial charge in [-0.25, -0.2) is 10.2 Å². The molecule has 0 atom stereocenters. The van der Waals surface area contributed by atoms with E-state index in [9.17, 15) is 14.4 Å². The molecule has 0 radical (unpaired) electrons. The van der Waals surface area contributed by atoms with Crippen molar-refractivity contribution in [2.24, 2.45) is 10.5 Å². The molecule has 0 aliphatic rings. The zero-order valence-corrected chi connectivity index (χ0v) is 19.8. The number of carbonyl (C=O) groups is 3. The highest BCUT2D eigenvalue weighted by Crippen LogP contribution is 2.23. The number of hydrogen-bond donors (Lipinski definition) is 2. The summed E-state index contributed by atoms with van der Waals surface area (Å²) in [5.41, 5.74) is 3.32. The number of halogens is 1. The van der Waals surface area contributed by atoms with Crippen molar-refractivity contribution in [3.05, 3.63) is 82.2 Å². The Kier molecular flexibility index (Phi) is 7.44. The first-order valence-electron chi connectivity index (χ1n) is 9.93. The Hall–Kier alpha value is -3.72. The number of carbonyl (C=O) groups excluding carboxylic acids is 3. The molecule has 2 aromatic carbocycles. The third-order valence-electron chi connectivity index (χ3n) is 4.35. The molecule has 0 fully saturated rings. The fourth-order valence-electron chi connectivity index (χ4n) is 2.51. The van der Waals surface area contributed by atoms with Gasteiger partial charge >= 0.3 is 5.97 Å². The lowest BCUT2D eigenvalue weighted by molar-refractivity contribution is -0.123. The lowest BCUT2D eigenvalue weighted by atomic mass is 9.95. The second kappa shape index (κ2) is 10.3. The molecular formula is C24H22BrN3O5. The molecule has 1 aromatic heterocycles. The van der Waals surface area contributed by atoms with Crippen LogP contribution in [0.1, 0.15) is 47.2 Å². The zero-order chi connectivity index (χ0) is 24.0. The number of furan rings is 1. The van der Waals surface area contributed by atoms with Crippen LogP contribution < -0.4 is 15.5 Å². The summed E-state index contributed by atoms with van der Waals surface area (Å²) in [5.74, 6) is -0.904. The van der Waals surface area contributed by atoms with Crippen molar-refractivity contribution >= 4 is 45.6 Å². The number of benzene rings is 2. The van der Waals surface area contributed by atoms with Gasteiger partial charge in [-0.1, -0.05) is 36.7 Å². The van der Waals surface area contributed by atoms with Crippen LogP contribution in [0.25, 0.3) is 0 Å². The van der Waals surface area contributed by atoms with E-state index in [-0.39, 0.29) is 17.4 Å². The second-order valence-corrected chi connectivity index (χ2v) is 8.95. The van der Waals surface area contributed by atoms with Crippen molar-refractivity contribution < 1.29 is 23.5 Å². The summed E-state index contributed by atoms with van der Waals surface area (Å²) in [6, 6.07) is 14.5. The van der Waals surface area contributed by atoms with Crippen molar-refractivity contribution in [1.29, 1.82) is 0 Å². The van der Waals surface area contributed by atoms with Crippen LogP contribution in [0.4, 0.5) is 5.69 Å². The molecule has 0 saturated heterocycles. The second-order valence-electron chi connectivity index (χ2n) is 8.03. The van der Waals surface area contributed by atoms with Gasteiger partial charge in [0.05, 0.1) is 12.5 Å². The number of anilines is 1. The molecule has 33 heavy (non-hydrogen) atoms. The number of ether oxygens (including phenoxy) is 1. The zero-order valence-electron chi connectivity index (χ0n) is 18.2. The third-order valence-corrected chi connectivity index (χ3v) is 4.85. The summed E-state index contributed by atoms with van der Waals surface area (Å²) in [7, 11) is 0. The fraction of sp³-hybridized carbons (Fsp3) is 0.167. The number of hydrazone groups is 1. The molecule has 3 rings (SSSR count). The summed E-state index contributed by atoms with van der Waals surface area (Å²) in [6.07, 6.45) is 2.74. The molecule has 8 nitrogen and oxygen atoms in total. The normalized spacial score (nSPS) is 11.3. The number of amides is 2. The Morgan fingerprint density at radius 1 is 1.06 bits per heavy atom. The van der Waals surface area contributed by atoms with E-state index in [1.807, 2.05) is 20.8 Å². The third kappa shape index (κ3) is 6.63. The van der Waals surface area contributed by atoms with Gasteiger partial charge in [-0.15, -0.1) is 0 Å². The van der Waals surface area contributed by atoms with Crippen LogP contribution in [-0.2, 0) is 4.79 Å². The first-order valence-corrected chi connectivity index (χ1v) is 10.7. The number of esters is 1. The summed E-state index contributed by atoms with van der Waals surface area (Å²) >= 11 is 3.36. The van der Waals surface area contributed by atoms with Crippen molar-refractivity contribution in [3.8, 4) is 5.75 Å². The van der Waals surface area contributed by atoms with E-state index in [2.05, 4.69) is 31.8 Å². The number of hydrogen-bond acceptors (Lipinski definition) is 6. The molecule has 0 aliphatic heterocycles. The van der Waals surface area contributed by atoms with Crippen molar-refractivity contribution in [2.45, 2.75) is 20.8 Å². The Morgan fingerprint density at radius 2 is 1.79 bits per heavy atom. The molecule has 1 heterocycles. The Bertz CT molecular complexity index is 1180. The maximum absolute atomic E-state index is 12.4. The first kappa shape index (κ1) is 23.9. The van der Waals surface area contributed by atoms with Gasteiger partial charge in [0.25, 0.3) is 5.91 Å². The maximum Gasteiger partial charge on any atom is 0.379 e. The molecule has 2 N–H and O–H groups in total. The highest BCUT2D eigenvalue weighted by Gasteiger charge is 2.21. The van der Waals surface area contributed by atoms with Crippen molar-refractivity contribution in [2.75, 3.05) is 5.32 Å². The largest absolute Gasteiger partial charge is 0.457 e. The van der Waals surface area contributed by atoms with Crippen LogP contribution in [0.15, 0.2) is 74.9 Å². The summed E-state index contributed by atoms with van der Waals surface area (Å²) in [6.45, 7) is 5.45. The SMILES string of the molecule is CC(C)(C)C(=O)Nc1ccc(C(=O)NN=Cc2cc(Br)ccc2OC(=O)c2ccco2)cc1. The van der Waals surface area contributed by atoms with Crippen LogP contribution in [0, 0.1) is 5.41 Å². The number of nitrogens with zero attached hydrogens (tertiary/aromatic N) is 1. The molecule has 170 valence electrons. The first-order chi connectivity index (χ1) is 15.6. The molecule has 0 bridgehead atoms. The van der Waals surface area contributed by atoms with E-state index in [0.717, 1.165) is 4.47 Å². The van der Waals surface area contributed by atoms with Gasteiger partial charge < -0.3 is 14.5 Å². The standard InChI is InChI=1S/C24H22BrN3O5/c1-24(2,3)23(31)27-18-9-6-15(7-10-18)21(29)28-26-14-16-13-17(25)8-11-19(16)33-22(30)20-5-4-12-32-20/h4-14H,1-3H3,(H,27,31)(H,28,29). The minimum atomic E-state index is -0.653. The minimum Gasteiger partial charge on any atom is -0.457 e. The van der Waals surface area contributed by atoms with E-state index < -0.39 is 17.3 Å². The quantitative estimate of drug-likeness (QED) is 0.209. The van der Waals surface area contributed by atoms with Crippen LogP contribution in [0.2, 0.25) is 0 Å². The van der Waals surface area contributed by atoms with E-state index in [0.29, 0.717) is 16.8 Å². The van der Waals surface area contributed by atoms with E-state index >= 15 is 0 Å². The number of rotatable bonds is 6. The van der Waals surface area contributed by atoms with E-state index in [1.165, 1.54) is 18.5 Å². The van der Waals surface area contributed by atoms with Crippen LogP contribution in [-0.4, -0.2) is 24.0 Å². The molecular weight excluding hydrogens is 490 g/mol. The molecule has 0 unspecified atom stereocenters. The minimum absolute atomic E-state index is 0.0660. The van der Waals surface area contributed by atoms with Gasteiger partial charge in [0, 0.05) is 26.7 Å². The summed E-state index contributed by atoms with van der Waals surface area (Å²) in [5, 5.41) is 6.76. The lowest BCUT2D eigenvalue weighted by Crippen LogP contribution is -2.27. The van der Waals surface area contributed by atoms with Crippen LogP contribution in [0.5, 0.6) is 5.75 Å². The summed E-state index contributed by atoms with van der Waals surface area (Å²) < 4.78 is 11.1. The van der Waals surface area contributed by atoms with Gasteiger partial charge in [-0.3, -0.25) is 9.59 Å². The highest BCUT2D eigenvalue weighted by atomic mass is 79.9. The molecule has 3 aromatic rings. The average Bonchev–Trinajstić information content (AvgIpc) is 3.30. The Morgan fingerprint density at radius 3 is 2.42 bits per heavy atom. The van der Waals surface area contributed by atoms with E-state index in [4.69, 9.17) is 9.15 Å². The van der Waals surface area contributed by atoms with Crippen LogP contribution in [0.3, 0.4) is 0 Å². The van der Waals surface area contributed by atoms with Gasteiger partial charge in [0.15, 0.2) is 0 Å². The predicted molar refractivity (Wildman–Crippen MR) is 127 cm³/mol. The maximum atomic E-state index is 12.4. The van der Waals surface area contributed by atoms with Gasteiger partial charge in [0.1, 0.15) is 5.75 Å². The average molecular weight is 512 g/mol. The predicted octanol–water partition coefficient (Wildman–Crippen LogP) is 5.01. The molecule has 0 aliphatic carbocycles. The topological polar surface area (TPSA) is 110 Å². The summed E-state index contributed by atoms with van der Waals surface area (Å²) in [4.78, 5) is 36.6. The smallest absolute Gasteiger partial charge is 0.379 e. The fourth-order valence-corrected chi connectivity index (χ4v) is 2.89. The molecule has 9 heteroatoms. The molecule has 0 spiro atoms. The Labute approximate surface area is 199 Å². The van der Waals surface area contributed by atoms with E-state index in [1.54, 1.807) is 48.5 Å². The highest BCUT2D eigenvalue weighted by molar-refractivity contribution is 9.10. The van der Waals surface area contributed by atoms with Gasteiger partial charge in [-0.2, -0.15) is 5.10 Å². The molecule has 0 saturated carbocycles. The van der Waals surface area contributed by atoms with Crippen molar-refractivity contribution in [3.63, 3.8) is 0 Å². The monoisotopic (exact) mass is 511 g/mol. The van der Waals surface area contributed by atoms with Gasteiger partial charge in [-0.05, 0) is 54.6 Å². The Balaban J connectivity index is 1.65. The molecule has 2 amide bonds. The van der Waals surface area contributed by atoms with Crippen molar-refractivity contribution in [1.82, 2.24) is 5.43 Å².